The minimum absolute atomic E-state index is 0.0554. The Morgan fingerprint density at radius 1 is 1.43 bits per heavy atom. The van der Waals surface area contributed by atoms with Crippen LogP contribution in [0.4, 0.5) is 10.5 Å². The summed E-state index contributed by atoms with van der Waals surface area (Å²) in [5, 5.41) is 5.57. The van der Waals surface area contributed by atoms with E-state index >= 15 is 0 Å². The van der Waals surface area contributed by atoms with E-state index in [2.05, 4.69) is 15.6 Å². The number of nitrogens with one attached hydrogen (secondary N) is 2. The number of hydrogen-bond donors (Lipinski definition) is 2. The molecule has 0 atom stereocenters. The SMILES string of the molecule is CCOc1ncccc1NC(=O)NC1CCN(S(C)(=O)=O)CC1. The van der Waals surface area contributed by atoms with Gasteiger partial charge in [-0.15, -0.1) is 0 Å². The number of urea groups is 1. The zero-order chi connectivity index (χ0) is 16.9. The van der Waals surface area contributed by atoms with Gasteiger partial charge in [-0.3, -0.25) is 0 Å². The first-order chi connectivity index (χ1) is 10.9. The Morgan fingerprint density at radius 2 is 2.13 bits per heavy atom. The highest BCUT2D eigenvalue weighted by Crippen LogP contribution is 2.20. The van der Waals surface area contributed by atoms with Crippen molar-refractivity contribution in [2.75, 3.05) is 31.3 Å². The van der Waals surface area contributed by atoms with Crippen LogP contribution in [0.15, 0.2) is 18.3 Å². The Bertz CT molecular complexity index is 642. The molecule has 0 saturated carbocycles. The van der Waals surface area contributed by atoms with E-state index in [1.807, 2.05) is 6.92 Å². The molecule has 1 aliphatic rings. The zero-order valence-corrected chi connectivity index (χ0v) is 14.1. The van der Waals surface area contributed by atoms with Gasteiger partial charge in [0.1, 0.15) is 5.69 Å². The number of amides is 2. The number of piperidine rings is 1. The molecule has 0 bridgehead atoms. The van der Waals surface area contributed by atoms with E-state index in [4.69, 9.17) is 4.74 Å². The van der Waals surface area contributed by atoms with Crippen LogP contribution in [0.3, 0.4) is 0 Å². The van der Waals surface area contributed by atoms with Crippen molar-refractivity contribution in [3.63, 3.8) is 0 Å². The minimum Gasteiger partial charge on any atom is -0.476 e. The molecule has 2 N–H and O–H groups in total. The molecule has 0 radical (unpaired) electrons. The van der Waals surface area contributed by atoms with Crippen LogP contribution in [-0.4, -0.2) is 55.7 Å². The normalized spacial score (nSPS) is 16.8. The molecule has 0 unspecified atom stereocenters. The molecule has 0 spiro atoms. The maximum Gasteiger partial charge on any atom is 0.319 e. The number of nitrogens with zero attached hydrogens (tertiary/aromatic N) is 2. The molecule has 1 aromatic rings. The highest BCUT2D eigenvalue weighted by atomic mass is 32.2. The van der Waals surface area contributed by atoms with Gasteiger partial charge in [0.15, 0.2) is 0 Å². The predicted molar refractivity (Wildman–Crippen MR) is 87.0 cm³/mol. The van der Waals surface area contributed by atoms with Crippen molar-refractivity contribution in [3.05, 3.63) is 18.3 Å². The Morgan fingerprint density at radius 3 is 2.74 bits per heavy atom. The summed E-state index contributed by atoms with van der Waals surface area (Å²) in [6.07, 6.45) is 3.97. The van der Waals surface area contributed by atoms with E-state index in [-0.39, 0.29) is 12.1 Å². The van der Waals surface area contributed by atoms with Crippen LogP contribution >= 0.6 is 0 Å². The Kier molecular flexibility index (Phi) is 5.78. The number of pyridine rings is 1. The van der Waals surface area contributed by atoms with Gasteiger partial charge in [-0.05, 0) is 31.9 Å². The number of sulfonamides is 1. The molecule has 2 rings (SSSR count). The fourth-order valence-corrected chi connectivity index (χ4v) is 3.29. The monoisotopic (exact) mass is 342 g/mol. The second kappa shape index (κ2) is 7.60. The molecular formula is C14H22N4O4S. The van der Waals surface area contributed by atoms with E-state index in [9.17, 15) is 13.2 Å². The Hall–Kier alpha value is -1.87. The lowest BCUT2D eigenvalue weighted by atomic mass is 10.1. The van der Waals surface area contributed by atoms with E-state index < -0.39 is 10.0 Å². The van der Waals surface area contributed by atoms with Crippen molar-refractivity contribution < 1.29 is 17.9 Å². The number of hydrogen-bond acceptors (Lipinski definition) is 5. The fraction of sp³-hybridized carbons (Fsp3) is 0.571. The molecular weight excluding hydrogens is 320 g/mol. The number of carbonyl (C=O) groups excluding carboxylic acids is 1. The highest BCUT2D eigenvalue weighted by molar-refractivity contribution is 7.88. The first kappa shape index (κ1) is 17.5. The average molecular weight is 342 g/mol. The fourth-order valence-electron chi connectivity index (χ4n) is 2.41. The van der Waals surface area contributed by atoms with Crippen molar-refractivity contribution in [2.45, 2.75) is 25.8 Å². The molecule has 1 aliphatic heterocycles. The topological polar surface area (TPSA) is 101 Å². The van der Waals surface area contributed by atoms with E-state index in [1.54, 1.807) is 18.3 Å². The van der Waals surface area contributed by atoms with Crippen LogP contribution in [0, 0.1) is 0 Å². The molecule has 128 valence electrons. The molecule has 9 heteroatoms. The third-order valence-electron chi connectivity index (χ3n) is 3.56. The average Bonchev–Trinajstić information content (AvgIpc) is 2.49. The largest absolute Gasteiger partial charge is 0.476 e. The number of aromatic nitrogens is 1. The molecule has 23 heavy (non-hydrogen) atoms. The zero-order valence-electron chi connectivity index (χ0n) is 13.3. The molecule has 2 amide bonds. The van der Waals surface area contributed by atoms with Gasteiger partial charge in [0.25, 0.3) is 0 Å². The van der Waals surface area contributed by atoms with E-state index in [0.717, 1.165) is 0 Å². The summed E-state index contributed by atoms with van der Waals surface area (Å²) in [4.78, 5) is 16.1. The first-order valence-electron chi connectivity index (χ1n) is 7.50. The molecule has 1 aromatic heterocycles. The summed E-state index contributed by atoms with van der Waals surface area (Å²) >= 11 is 0. The van der Waals surface area contributed by atoms with Gasteiger partial charge in [0.2, 0.25) is 15.9 Å². The summed E-state index contributed by atoms with van der Waals surface area (Å²) in [5.74, 6) is 0.372. The van der Waals surface area contributed by atoms with Crippen molar-refractivity contribution >= 4 is 21.7 Å². The van der Waals surface area contributed by atoms with Gasteiger partial charge in [-0.2, -0.15) is 0 Å². The number of ether oxygens (including phenoxy) is 1. The van der Waals surface area contributed by atoms with Crippen LogP contribution in [0.2, 0.25) is 0 Å². The van der Waals surface area contributed by atoms with Gasteiger partial charge >= 0.3 is 6.03 Å². The van der Waals surface area contributed by atoms with Crippen LogP contribution < -0.4 is 15.4 Å². The molecule has 0 aliphatic carbocycles. The third kappa shape index (κ3) is 5.07. The lowest BCUT2D eigenvalue weighted by Gasteiger charge is -2.30. The Labute approximate surface area is 136 Å². The summed E-state index contributed by atoms with van der Waals surface area (Å²) < 4.78 is 29.7. The maximum absolute atomic E-state index is 12.1. The number of rotatable bonds is 5. The van der Waals surface area contributed by atoms with Gasteiger partial charge in [0, 0.05) is 25.3 Å². The quantitative estimate of drug-likeness (QED) is 0.832. The Balaban J connectivity index is 1.87. The molecule has 1 fully saturated rings. The lowest BCUT2D eigenvalue weighted by molar-refractivity contribution is 0.238. The van der Waals surface area contributed by atoms with E-state index in [0.29, 0.717) is 44.1 Å². The van der Waals surface area contributed by atoms with Gasteiger partial charge in [-0.25, -0.2) is 22.5 Å². The van der Waals surface area contributed by atoms with Gasteiger partial charge in [0.05, 0.1) is 12.9 Å². The van der Waals surface area contributed by atoms with Crippen molar-refractivity contribution in [1.82, 2.24) is 14.6 Å². The van der Waals surface area contributed by atoms with Gasteiger partial charge in [-0.1, -0.05) is 0 Å². The van der Waals surface area contributed by atoms with Crippen molar-refractivity contribution in [3.8, 4) is 5.88 Å². The standard InChI is InChI=1S/C14H22N4O4S/c1-3-22-13-12(5-4-8-15-13)17-14(19)16-11-6-9-18(10-7-11)23(2,20)21/h4-5,8,11H,3,6-7,9-10H2,1-2H3,(H2,16,17,19). The predicted octanol–water partition coefficient (Wildman–Crippen LogP) is 1.03. The maximum atomic E-state index is 12.1. The summed E-state index contributed by atoms with van der Waals surface area (Å²) in [6, 6.07) is 3.02. The van der Waals surface area contributed by atoms with Crippen molar-refractivity contribution in [1.29, 1.82) is 0 Å². The van der Waals surface area contributed by atoms with Crippen LogP contribution in [-0.2, 0) is 10.0 Å². The minimum atomic E-state index is -3.16. The number of anilines is 1. The second-order valence-electron chi connectivity index (χ2n) is 5.32. The molecule has 2 heterocycles. The highest BCUT2D eigenvalue weighted by Gasteiger charge is 2.25. The smallest absolute Gasteiger partial charge is 0.319 e. The van der Waals surface area contributed by atoms with Gasteiger partial charge < -0.3 is 15.4 Å². The van der Waals surface area contributed by atoms with Crippen LogP contribution in [0.1, 0.15) is 19.8 Å². The molecule has 8 nitrogen and oxygen atoms in total. The van der Waals surface area contributed by atoms with Crippen molar-refractivity contribution in [2.24, 2.45) is 0 Å². The summed E-state index contributed by atoms with van der Waals surface area (Å²) in [7, 11) is -3.16. The third-order valence-corrected chi connectivity index (χ3v) is 4.86. The molecule has 0 aromatic carbocycles. The first-order valence-corrected chi connectivity index (χ1v) is 9.35. The summed E-state index contributed by atoms with van der Waals surface area (Å²) in [5.41, 5.74) is 0.500. The van der Waals surface area contributed by atoms with E-state index in [1.165, 1.54) is 10.6 Å². The second-order valence-corrected chi connectivity index (χ2v) is 7.31. The summed E-state index contributed by atoms with van der Waals surface area (Å²) in [6.45, 7) is 3.13. The van der Waals surface area contributed by atoms with Crippen LogP contribution in [0.5, 0.6) is 5.88 Å². The molecule has 1 saturated heterocycles. The number of carbonyl (C=O) groups is 1. The lowest BCUT2D eigenvalue weighted by Crippen LogP contribution is -2.47. The van der Waals surface area contributed by atoms with Crippen LogP contribution in [0.25, 0.3) is 0 Å².